The fourth-order valence-corrected chi connectivity index (χ4v) is 1.96. The summed E-state index contributed by atoms with van der Waals surface area (Å²) < 4.78 is 26.6. The first kappa shape index (κ1) is 10.0. The van der Waals surface area contributed by atoms with E-state index >= 15 is 0 Å². The van der Waals surface area contributed by atoms with Gasteiger partial charge in [-0.2, -0.15) is 8.42 Å². The average molecular weight is 225 g/mol. The predicted octanol–water partition coefficient (Wildman–Crippen LogP) is 1.47. The summed E-state index contributed by atoms with van der Waals surface area (Å²) in [5.41, 5.74) is 2.01. The van der Waals surface area contributed by atoms with Gasteiger partial charge in [0.1, 0.15) is 5.76 Å². The monoisotopic (exact) mass is 225 g/mol. The molecule has 15 heavy (non-hydrogen) atoms. The van der Waals surface area contributed by atoms with Crippen molar-refractivity contribution < 1.29 is 12.6 Å². The van der Waals surface area contributed by atoms with Gasteiger partial charge in [-0.25, -0.2) is 0 Å². The molecule has 80 valence electrons. The number of para-hydroxylation sites is 1. The van der Waals surface area contributed by atoms with Crippen LogP contribution in [0.15, 0.2) is 36.2 Å². The first-order chi connectivity index (χ1) is 7.04. The fourth-order valence-electron chi connectivity index (χ4n) is 1.46. The molecule has 0 aliphatic carbocycles. The summed E-state index contributed by atoms with van der Waals surface area (Å²) in [7, 11) is -3.43. The number of nitrogens with one attached hydrogen (secondary N) is 1. The lowest BCUT2D eigenvalue weighted by molar-refractivity contribution is 0.401. The molecular weight excluding hydrogens is 214 g/mol. The summed E-state index contributed by atoms with van der Waals surface area (Å²) in [5.74, 6) is 0.413. The first-order valence-corrected chi connectivity index (χ1v) is 6.29. The molecule has 0 atom stereocenters. The highest BCUT2D eigenvalue weighted by Crippen LogP contribution is 2.24. The zero-order chi connectivity index (χ0) is 10.9. The van der Waals surface area contributed by atoms with Crippen LogP contribution in [0.5, 0.6) is 0 Å². The third-order valence-corrected chi connectivity index (χ3v) is 2.55. The number of fused-ring (bicyclic) bond motifs is 1. The minimum Gasteiger partial charge on any atom is -0.385 e. The second-order valence-corrected chi connectivity index (χ2v) is 4.95. The summed E-state index contributed by atoms with van der Waals surface area (Å²) in [6.45, 7) is 0. The van der Waals surface area contributed by atoms with E-state index in [9.17, 15) is 8.42 Å². The molecule has 0 saturated heterocycles. The quantitative estimate of drug-likeness (QED) is 0.774. The molecule has 1 N–H and O–H groups in total. The molecule has 0 unspecified atom stereocenters. The topological polar surface area (TPSA) is 55.4 Å². The minimum atomic E-state index is -3.43. The van der Waals surface area contributed by atoms with Crippen molar-refractivity contribution in [2.24, 2.45) is 0 Å². The van der Waals surface area contributed by atoms with Crippen molar-refractivity contribution >= 4 is 15.8 Å². The minimum absolute atomic E-state index is 0.413. The lowest BCUT2D eigenvalue weighted by atomic mass is 10.1. The summed E-state index contributed by atoms with van der Waals surface area (Å²) in [5, 5.41) is 2.98. The summed E-state index contributed by atoms with van der Waals surface area (Å²) in [4.78, 5) is 0. The Morgan fingerprint density at radius 2 is 2.07 bits per heavy atom. The molecule has 4 nitrogen and oxygen atoms in total. The Morgan fingerprint density at radius 1 is 1.33 bits per heavy atom. The van der Waals surface area contributed by atoms with Gasteiger partial charge in [0.2, 0.25) is 0 Å². The Balaban J connectivity index is 2.20. The van der Waals surface area contributed by atoms with Gasteiger partial charge in [-0.1, -0.05) is 18.2 Å². The highest BCUT2D eigenvalue weighted by atomic mass is 32.2. The van der Waals surface area contributed by atoms with E-state index in [0.717, 1.165) is 17.5 Å². The lowest BCUT2D eigenvalue weighted by Crippen LogP contribution is -2.11. The highest BCUT2D eigenvalue weighted by Gasteiger charge is 2.14. The van der Waals surface area contributed by atoms with E-state index in [2.05, 4.69) is 5.32 Å². The molecule has 1 aliphatic rings. The molecule has 1 aliphatic heterocycles. The molecule has 0 bridgehead atoms. The average Bonchev–Trinajstić information content (AvgIpc) is 2.15. The second kappa shape index (κ2) is 3.58. The van der Waals surface area contributed by atoms with Gasteiger partial charge < -0.3 is 9.50 Å². The number of benzene rings is 1. The van der Waals surface area contributed by atoms with Gasteiger partial charge in [-0.15, -0.1) is 0 Å². The van der Waals surface area contributed by atoms with Gasteiger partial charge in [-0.05, 0) is 11.6 Å². The molecule has 0 amide bonds. The standard InChI is InChI=1S/C10H11NO3S/c1-15(12,13)14-9-6-8-4-2-3-5-10(8)11-7-9/h2-5,7,11H,6H2,1H3. The van der Waals surface area contributed by atoms with Crippen LogP contribution in [0.4, 0.5) is 5.69 Å². The normalized spacial score (nSPS) is 14.9. The molecule has 1 aromatic carbocycles. The third kappa shape index (κ3) is 2.50. The number of anilines is 1. The van der Waals surface area contributed by atoms with Gasteiger partial charge in [0.25, 0.3) is 0 Å². The first-order valence-electron chi connectivity index (χ1n) is 4.47. The zero-order valence-corrected chi connectivity index (χ0v) is 9.04. The number of rotatable bonds is 2. The van der Waals surface area contributed by atoms with Crippen LogP contribution in [0, 0.1) is 0 Å². The zero-order valence-electron chi connectivity index (χ0n) is 8.23. The second-order valence-electron chi connectivity index (χ2n) is 3.38. The van der Waals surface area contributed by atoms with Gasteiger partial charge in [0.15, 0.2) is 0 Å². The van der Waals surface area contributed by atoms with E-state index in [1.807, 2.05) is 24.3 Å². The summed E-state index contributed by atoms with van der Waals surface area (Å²) in [6.07, 6.45) is 3.11. The molecule has 5 heteroatoms. The number of hydrogen-bond acceptors (Lipinski definition) is 4. The van der Waals surface area contributed by atoms with Crippen molar-refractivity contribution in [3.63, 3.8) is 0 Å². The number of hydrogen-bond donors (Lipinski definition) is 1. The molecule has 1 aromatic rings. The van der Waals surface area contributed by atoms with Gasteiger partial charge in [0.05, 0.1) is 6.26 Å². The molecule has 0 radical (unpaired) electrons. The van der Waals surface area contributed by atoms with E-state index in [1.54, 1.807) is 6.20 Å². The number of allylic oxidation sites excluding steroid dienone is 1. The van der Waals surface area contributed by atoms with Crippen LogP contribution in [0.3, 0.4) is 0 Å². The lowest BCUT2D eigenvalue weighted by Gasteiger charge is -2.17. The van der Waals surface area contributed by atoms with Crippen molar-refractivity contribution in [1.82, 2.24) is 0 Å². The molecule has 0 saturated carbocycles. The molecule has 0 fully saturated rings. The van der Waals surface area contributed by atoms with Crippen LogP contribution < -0.4 is 5.32 Å². The predicted molar refractivity (Wildman–Crippen MR) is 57.8 cm³/mol. The van der Waals surface area contributed by atoms with Crippen LogP contribution in [-0.4, -0.2) is 14.7 Å². The maximum atomic E-state index is 10.9. The third-order valence-electron chi connectivity index (χ3n) is 2.03. The van der Waals surface area contributed by atoms with Crippen molar-refractivity contribution in [3.8, 4) is 0 Å². The fraction of sp³-hybridized carbons (Fsp3) is 0.200. The van der Waals surface area contributed by atoms with Crippen LogP contribution in [0.25, 0.3) is 0 Å². The Bertz CT molecular complexity index is 505. The van der Waals surface area contributed by atoms with E-state index in [0.29, 0.717) is 12.2 Å². The van der Waals surface area contributed by atoms with Crippen LogP contribution >= 0.6 is 0 Å². The van der Waals surface area contributed by atoms with E-state index in [-0.39, 0.29) is 0 Å². The van der Waals surface area contributed by atoms with Crippen LogP contribution in [0.1, 0.15) is 5.56 Å². The molecule has 0 aromatic heterocycles. The Hall–Kier alpha value is -1.49. The summed E-state index contributed by atoms with van der Waals surface area (Å²) in [6, 6.07) is 7.69. The molecule has 2 rings (SSSR count). The van der Waals surface area contributed by atoms with Crippen molar-refractivity contribution in [1.29, 1.82) is 0 Å². The van der Waals surface area contributed by atoms with E-state index < -0.39 is 10.1 Å². The smallest absolute Gasteiger partial charge is 0.305 e. The molecular formula is C10H11NO3S. The van der Waals surface area contributed by atoms with Crippen molar-refractivity contribution in [2.75, 3.05) is 11.6 Å². The van der Waals surface area contributed by atoms with Gasteiger partial charge >= 0.3 is 10.1 Å². The van der Waals surface area contributed by atoms with Gasteiger partial charge in [0, 0.05) is 18.3 Å². The van der Waals surface area contributed by atoms with Crippen LogP contribution in [0.2, 0.25) is 0 Å². The van der Waals surface area contributed by atoms with E-state index in [4.69, 9.17) is 4.18 Å². The SMILES string of the molecule is CS(=O)(=O)OC1=CNc2ccccc2C1. The Morgan fingerprint density at radius 3 is 2.80 bits per heavy atom. The summed E-state index contributed by atoms with van der Waals surface area (Å²) >= 11 is 0. The molecule has 1 heterocycles. The maximum Gasteiger partial charge on any atom is 0.305 e. The van der Waals surface area contributed by atoms with Gasteiger partial charge in [-0.3, -0.25) is 0 Å². The maximum absolute atomic E-state index is 10.9. The van der Waals surface area contributed by atoms with Crippen LogP contribution in [-0.2, 0) is 20.7 Å². The Kier molecular flexibility index (Phi) is 2.40. The van der Waals surface area contributed by atoms with E-state index in [1.165, 1.54) is 0 Å². The largest absolute Gasteiger partial charge is 0.385 e. The highest BCUT2D eigenvalue weighted by molar-refractivity contribution is 7.86. The Labute approximate surface area is 88.7 Å². The molecule has 0 spiro atoms. The van der Waals surface area contributed by atoms with Crippen molar-refractivity contribution in [2.45, 2.75) is 6.42 Å². The van der Waals surface area contributed by atoms with Crippen molar-refractivity contribution in [3.05, 3.63) is 41.8 Å².